The third-order valence-electron chi connectivity index (χ3n) is 4.72. The van der Waals surface area contributed by atoms with Crippen molar-refractivity contribution in [3.8, 4) is 5.75 Å². The molecule has 0 aliphatic heterocycles. The van der Waals surface area contributed by atoms with E-state index in [0.717, 1.165) is 17.9 Å². The largest absolute Gasteiger partial charge is 0.497 e. The molecule has 0 heterocycles. The van der Waals surface area contributed by atoms with Crippen molar-refractivity contribution in [2.75, 3.05) is 12.4 Å². The van der Waals surface area contributed by atoms with Crippen LogP contribution in [0.3, 0.4) is 0 Å². The van der Waals surface area contributed by atoms with Crippen molar-refractivity contribution in [2.45, 2.75) is 40.0 Å². The van der Waals surface area contributed by atoms with Crippen LogP contribution >= 0.6 is 0 Å². The van der Waals surface area contributed by atoms with E-state index >= 15 is 0 Å². The van der Waals surface area contributed by atoms with E-state index in [1.807, 2.05) is 24.3 Å². The Balaban J connectivity index is 2.05. The van der Waals surface area contributed by atoms with Gasteiger partial charge >= 0.3 is 0 Å². The van der Waals surface area contributed by atoms with E-state index < -0.39 is 0 Å². The average Bonchev–Trinajstić information content (AvgIpc) is 2.47. The standard InChI is InChI=1S/C18H27NO2/c1-12(2)16-10-5-13(3)11-17(16)18(20)19-14-6-8-15(21-4)9-7-14/h6-9,12-13,16-17H,5,10-11H2,1-4H3,(H,19,20)/t13?,16?,17-/m1/s1. The zero-order chi connectivity index (χ0) is 15.4. The van der Waals surface area contributed by atoms with Gasteiger partial charge in [0.1, 0.15) is 5.75 Å². The number of nitrogens with one attached hydrogen (secondary N) is 1. The summed E-state index contributed by atoms with van der Waals surface area (Å²) in [6, 6.07) is 7.54. The third kappa shape index (κ3) is 3.99. The van der Waals surface area contributed by atoms with Crippen LogP contribution in [0.25, 0.3) is 0 Å². The number of ether oxygens (including phenoxy) is 1. The first kappa shape index (κ1) is 15.9. The SMILES string of the molecule is COc1ccc(NC(=O)[C@@H]2CC(C)CCC2C(C)C)cc1. The Bertz CT molecular complexity index is 467. The first-order chi connectivity index (χ1) is 10.0. The number of hydrogen-bond donors (Lipinski definition) is 1. The average molecular weight is 289 g/mol. The fraction of sp³-hybridized carbons (Fsp3) is 0.611. The van der Waals surface area contributed by atoms with E-state index in [1.54, 1.807) is 7.11 Å². The topological polar surface area (TPSA) is 38.3 Å². The van der Waals surface area contributed by atoms with Gasteiger partial charge in [-0.3, -0.25) is 4.79 Å². The molecule has 2 unspecified atom stereocenters. The maximum atomic E-state index is 12.6. The summed E-state index contributed by atoms with van der Waals surface area (Å²) in [4.78, 5) is 12.6. The maximum Gasteiger partial charge on any atom is 0.227 e. The Labute approximate surface area is 128 Å². The molecule has 0 radical (unpaired) electrons. The first-order valence-corrected chi connectivity index (χ1v) is 7.96. The lowest BCUT2D eigenvalue weighted by Crippen LogP contribution is -2.36. The van der Waals surface area contributed by atoms with Crippen molar-refractivity contribution >= 4 is 11.6 Å². The van der Waals surface area contributed by atoms with Crippen LogP contribution in [0.5, 0.6) is 5.75 Å². The molecule has 1 N–H and O–H groups in total. The monoisotopic (exact) mass is 289 g/mol. The summed E-state index contributed by atoms with van der Waals surface area (Å²) in [6.45, 7) is 6.72. The Morgan fingerprint density at radius 2 is 1.90 bits per heavy atom. The van der Waals surface area contributed by atoms with E-state index in [0.29, 0.717) is 17.8 Å². The number of anilines is 1. The molecule has 0 saturated heterocycles. The Morgan fingerprint density at radius 1 is 1.24 bits per heavy atom. The van der Waals surface area contributed by atoms with Gasteiger partial charge < -0.3 is 10.1 Å². The molecule has 0 bridgehead atoms. The van der Waals surface area contributed by atoms with Gasteiger partial charge in [-0.05, 0) is 54.9 Å². The highest BCUT2D eigenvalue weighted by molar-refractivity contribution is 5.92. The second kappa shape index (κ2) is 6.97. The van der Waals surface area contributed by atoms with Crippen LogP contribution in [0.2, 0.25) is 0 Å². The van der Waals surface area contributed by atoms with Crippen molar-refractivity contribution in [3.63, 3.8) is 0 Å². The highest BCUT2D eigenvalue weighted by Gasteiger charge is 2.35. The lowest BCUT2D eigenvalue weighted by atomic mass is 9.70. The molecule has 1 aromatic carbocycles. The number of hydrogen-bond acceptors (Lipinski definition) is 2. The van der Waals surface area contributed by atoms with E-state index in [9.17, 15) is 4.79 Å². The molecule has 0 aromatic heterocycles. The van der Waals surface area contributed by atoms with Gasteiger partial charge in [0, 0.05) is 11.6 Å². The minimum atomic E-state index is 0.135. The molecule has 1 saturated carbocycles. The Morgan fingerprint density at radius 3 is 2.48 bits per heavy atom. The lowest BCUT2D eigenvalue weighted by molar-refractivity contribution is -0.123. The summed E-state index contributed by atoms with van der Waals surface area (Å²) in [5, 5.41) is 3.07. The number of methoxy groups -OCH3 is 1. The van der Waals surface area contributed by atoms with Crippen molar-refractivity contribution in [1.29, 1.82) is 0 Å². The quantitative estimate of drug-likeness (QED) is 0.895. The van der Waals surface area contributed by atoms with Crippen molar-refractivity contribution in [2.24, 2.45) is 23.7 Å². The molecule has 1 aromatic rings. The smallest absolute Gasteiger partial charge is 0.227 e. The number of carbonyl (C=O) groups is 1. The summed E-state index contributed by atoms with van der Waals surface area (Å²) in [5.41, 5.74) is 0.849. The fourth-order valence-corrected chi connectivity index (χ4v) is 3.41. The maximum absolute atomic E-state index is 12.6. The number of amides is 1. The zero-order valence-corrected chi connectivity index (χ0v) is 13.6. The van der Waals surface area contributed by atoms with Crippen LogP contribution in [-0.2, 0) is 4.79 Å². The molecule has 21 heavy (non-hydrogen) atoms. The van der Waals surface area contributed by atoms with Crippen LogP contribution in [0, 0.1) is 23.7 Å². The van der Waals surface area contributed by atoms with Gasteiger partial charge in [-0.1, -0.05) is 27.2 Å². The first-order valence-electron chi connectivity index (χ1n) is 7.96. The Hall–Kier alpha value is -1.51. The van der Waals surface area contributed by atoms with E-state index in [4.69, 9.17) is 4.74 Å². The molecule has 116 valence electrons. The van der Waals surface area contributed by atoms with Crippen molar-refractivity contribution < 1.29 is 9.53 Å². The summed E-state index contributed by atoms with van der Waals surface area (Å²) in [7, 11) is 1.64. The second-order valence-electron chi connectivity index (χ2n) is 6.65. The fourth-order valence-electron chi connectivity index (χ4n) is 3.41. The minimum absolute atomic E-state index is 0.135. The van der Waals surface area contributed by atoms with Gasteiger partial charge in [0.25, 0.3) is 0 Å². The zero-order valence-electron chi connectivity index (χ0n) is 13.6. The van der Waals surface area contributed by atoms with Crippen LogP contribution in [0.4, 0.5) is 5.69 Å². The summed E-state index contributed by atoms with van der Waals surface area (Å²) in [5.74, 6) is 2.82. The summed E-state index contributed by atoms with van der Waals surface area (Å²) < 4.78 is 5.14. The van der Waals surface area contributed by atoms with Crippen LogP contribution in [0.1, 0.15) is 40.0 Å². The molecule has 3 atom stereocenters. The predicted molar refractivity (Wildman–Crippen MR) is 86.5 cm³/mol. The molecule has 1 fully saturated rings. The third-order valence-corrected chi connectivity index (χ3v) is 4.72. The summed E-state index contributed by atoms with van der Waals surface area (Å²) in [6.07, 6.45) is 3.42. The van der Waals surface area contributed by atoms with Crippen LogP contribution in [0.15, 0.2) is 24.3 Å². The van der Waals surface area contributed by atoms with Gasteiger partial charge in [-0.25, -0.2) is 0 Å². The van der Waals surface area contributed by atoms with Gasteiger partial charge in [-0.15, -0.1) is 0 Å². The van der Waals surface area contributed by atoms with Crippen molar-refractivity contribution in [3.05, 3.63) is 24.3 Å². The normalized spacial score (nSPS) is 25.7. The molecule has 3 heteroatoms. The second-order valence-corrected chi connectivity index (χ2v) is 6.65. The summed E-state index contributed by atoms with van der Waals surface area (Å²) >= 11 is 0. The number of rotatable bonds is 4. The molecular formula is C18H27NO2. The number of benzene rings is 1. The number of carbonyl (C=O) groups excluding carboxylic acids is 1. The predicted octanol–water partition coefficient (Wildman–Crippen LogP) is 4.34. The van der Waals surface area contributed by atoms with Gasteiger partial charge in [0.15, 0.2) is 0 Å². The van der Waals surface area contributed by atoms with Gasteiger partial charge in [0.05, 0.1) is 7.11 Å². The van der Waals surface area contributed by atoms with E-state index in [1.165, 1.54) is 12.8 Å². The Kier molecular flexibility index (Phi) is 5.27. The van der Waals surface area contributed by atoms with Gasteiger partial charge in [-0.2, -0.15) is 0 Å². The van der Waals surface area contributed by atoms with Crippen LogP contribution < -0.4 is 10.1 Å². The molecule has 3 nitrogen and oxygen atoms in total. The minimum Gasteiger partial charge on any atom is -0.497 e. The van der Waals surface area contributed by atoms with Gasteiger partial charge in [0.2, 0.25) is 5.91 Å². The molecule has 1 aliphatic rings. The van der Waals surface area contributed by atoms with Crippen LogP contribution in [-0.4, -0.2) is 13.0 Å². The van der Waals surface area contributed by atoms with E-state index in [-0.39, 0.29) is 11.8 Å². The molecule has 1 amide bonds. The van der Waals surface area contributed by atoms with E-state index in [2.05, 4.69) is 26.1 Å². The highest BCUT2D eigenvalue weighted by Crippen LogP contribution is 2.38. The highest BCUT2D eigenvalue weighted by atomic mass is 16.5. The molecule has 2 rings (SSSR count). The molecule has 0 spiro atoms. The lowest BCUT2D eigenvalue weighted by Gasteiger charge is -2.36. The van der Waals surface area contributed by atoms with Crippen molar-refractivity contribution in [1.82, 2.24) is 0 Å². The molecular weight excluding hydrogens is 262 g/mol. The molecule has 1 aliphatic carbocycles.